The average Bonchev–Trinajstić information content (AvgIpc) is 3.15. The van der Waals surface area contributed by atoms with Crippen LogP contribution in [0.2, 0.25) is 0 Å². The number of rotatable bonds is 8. The van der Waals surface area contributed by atoms with Crippen molar-refractivity contribution in [2.75, 3.05) is 20.2 Å². The van der Waals surface area contributed by atoms with Gasteiger partial charge in [-0.15, -0.1) is 11.3 Å². The molecule has 2 rings (SSSR count). The number of benzene rings is 1. The van der Waals surface area contributed by atoms with E-state index in [4.69, 9.17) is 4.74 Å². The van der Waals surface area contributed by atoms with Crippen molar-refractivity contribution in [2.45, 2.75) is 32.9 Å². The average molecular weight is 346 g/mol. The van der Waals surface area contributed by atoms with Crippen LogP contribution in [0.15, 0.2) is 46.8 Å². The summed E-state index contributed by atoms with van der Waals surface area (Å²) in [5, 5.41) is 8.87. The summed E-state index contributed by atoms with van der Waals surface area (Å²) in [4.78, 5) is 5.68. The van der Waals surface area contributed by atoms with Crippen LogP contribution in [0.1, 0.15) is 35.8 Å². The van der Waals surface area contributed by atoms with Crippen LogP contribution in [0, 0.1) is 0 Å². The molecule has 2 aromatic rings. The van der Waals surface area contributed by atoms with Crippen molar-refractivity contribution in [3.05, 3.63) is 57.8 Å². The van der Waals surface area contributed by atoms with E-state index in [0.29, 0.717) is 12.5 Å². The molecule has 1 heterocycles. The Labute approximate surface area is 149 Å². The molecule has 0 fully saturated rings. The first-order valence-electron chi connectivity index (χ1n) is 8.36. The molecule has 2 N–H and O–H groups in total. The van der Waals surface area contributed by atoms with Crippen LogP contribution >= 0.6 is 11.3 Å². The summed E-state index contributed by atoms with van der Waals surface area (Å²) in [6, 6.07) is 12.8. The molecule has 1 unspecified atom stereocenters. The van der Waals surface area contributed by atoms with Gasteiger partial charge in [0.25, 0.3) is 0 Å². The molecule has 0 amide bonds. The van der Waals surface area contributed by atoms with Gasteiger partial charge in [-0.05, 0) is 29.5 Å². The third kappa shape index (κ3) is 5.98. The molecular formula is C19H27N3OS. The first-order valence-corrected chi connectivity index (χ1v) is 9.24. The van der Waals surface area contributed by atoms with E-state index in [1.54, 1.807) is 18.4 Å². The molecular weight excluding hydrogens is 318 g/mol. The van der Waals surface area contributed by atoms with Crippen LogP contribution in [0.4, 0.5) is 0 Å². The van der Waals surface area contributed by atoms with E-state index in [-0.39, 0.29) is 0 Å². The van der Waals surface area contributed by atoms with Crippen molar-refractivity contribution in [1.82, 2.24) is 10.6 Å². The first kappa shape index (κ1) is 18.5. The second-order valence-electron chi connectivity index (χ2n) is 5.68. The molecule has 0 aliphatic carbocycles. The molecule has 0 bridgehead atoms. The van der Waals surface area contributed by atoms with Crippen molar-refractivity contribution < 1.29 is 4.74 Å². The Morgan fingerprint density at radius 1 is 1.17 bits per heavy atom. The lowest BCUT2D eigenvalue weighted by Gasteiger charge is -2.15. The van der Waals surface area contributed by atoms with Gasteiger partial charge in [-0.2, -0.15) is 0 Å². The Bertz CT molecular complexity index is 608. The SMILES string of the molecule is CCOCc1ccc(CNC(=NC)NCC(C)c2cccs2)cc1. The zero-order valence-corrected chi connectivity index (χ0v) is 15.5. The molecule has 0 spiro atoms. The predicted octanol–water partition coefficient (Wildman–Crippen LogP) is 3.75. The lowest BCUT2D eigenvalue weighted by Crippen LogP contribution is -2.38. The summed E-state index contributed by atoms with van der Waals surface area (Å²) >= 11 is 1.80. The van der Waals surface area contributed by atoms with Gasteiger partial charge >= 0.3 is 0 Å². The standard InChI is InChI=1S/C19H27N3OS/c1-4-23-14-17-9-7-16(8-10-17)13-22-19(20-3)21-12-15(2)18-6-5-11-24-18/h5-11,15H,4,12-14H2,1-3H3,(H2,20,21,22). The molecule has 24 heavy (non-hydrogen) atoms. The highest BCUT2D eigenvalue weighted by Gasteiger charge is 2.07. The first-order chi connectivity index (χ1) is 11.7. The van der Waals surface area contributed by atoms with Crippen molar-refractivity contribution in [3.63, 3.8) is 0 Å². The third-order valence-corrected chi connectivity index (χ3v) is 4.89. The smallest absolute Gasteiger partial charge is 0.191 e. The van der Waals surface area contributed by atoms with Gasteiger partial charge in [0.2, 0.25) is 0 Å². The molecule has 4 nitrogen and oxygen atoms in total. The fraction of sp³-hybridized carbons (Fsp3) is 0.421. The highest BCUT2D eigenvalue weighted by molar-refractivity contribution is 7.10. The molecule has 5 heteroatoms. The summed E-state index contributed by atoms with van der Waals surface area (Å²) in [6.45, 7) is 7.28. The third-order valence-electron chi connectivity index (χ3n) is 3.78. The maximum absolute atomic E-state index is 5.42. The normalized spacial score (nSPS) is 12.9. The minimum absolute atomic E-state index is 0.474. The van der Waals surface area contributed by atoms with E-state index in [0.717, 1.165) is 25.7 Å². The molecule has 1 atom stereocenters. The van der Waals surface area contributed by atoms with Gasteiger partial charge in [0.1, 0.15) is 0 Å². The van der Waals surface area contributed by atoms with Crippen LogP contribution in [0.3, 0.4) is 0 Å². The Morgan fingerprint density at radius 3 is 2.54 bits per heavy atom. The van der Waals surface area contributed by atoms with Crippen LogP contribution in [0.5, 0.6) is 0 Å². The monoisotopic (exact) mass is 345 g/mol. The van der Waals surface area contributed by atoms with E-state index < -0.39 is 0 Å². The molecule has 1 aromatic carbocycles. The maximum atomic E-state index is 5.42. The quantitative estimate of drug-likeness (QED) is 0.566. The topological polar surface area (TPSA) is 45.6 Å². The molecule has 0 aliphatic heterocycles. The molecule has 0 aliphatic rings. The number of thiophene rings is 1. The zero-order valence-electron chi connectivity index (χ0n) is 14.7. The summed E-state index contributed by atoms with van der Waals surface area (Å²) in [7, 11) is 1.80. The van der Waals surface area contributed by atoms with Crippen LogP contribution < -0.4 is 10.6 Å². The van der Waals surface area contributed by atoms with E-state index in [9.17, 15) is 0 Å². The number of nitrogens with zero attached hydrogens (tertiary/aromatic N) is 1. The van der Waals surface area contributed by atoms with Gasteiger partial charge in [0.15, 0.2) is 5.96 Å². The number of guanidine groups is 1. The largest absolute Gasteiger partial charge is 0.377 e. The van der Waals surface area contributed by atoms with Crippen molar-refractivity contribution in [1.29, 1.82) is 0 Å². The molecule has 0 radical (unpaired) electrons. The molecule has 1 aromatic heterocycles. The van der Waals surface area contributed by atoms with E-state index >= 15 is 0 Å². The lowest BCUT2D eigenvalue weighted by atomic mass is 10.1. The molecule has 0 saturated heterocycles. The fourth-order valence-corrected chi connectivity index (χ4v) is 3.09. The van der Waals surface area contributed by atoms with Gasteiger partial charge < -0.3 is 15.4 Å². The number of nitrogens with one attached hydrogen (secondary N) is 2. The maximum Gasteiger partial charge on any atom is 0.191 e. The van der Waals surface area contributed by atoms with Crippen molar-refractivity contribution >= 4 is 17.3 Å². The zero-order chi connectivity index (χ0) is 17.2. The summed E-state index contributed by atoms with van der Waals surface area (Å²) < 4.78 is 5.42. The van der Waals surface area contributed by atoms with E-state index in [2.05, 4.69) is 64.3 Å². The van der Waals surface area contributed by atoms with Crippen LogP contribution in [0.25, 0.3) is 0 Å². The molecule has 0 saturated carbocycles. The van der Waals surface area contributed by atoms with Crippen LogP contribution in [-0.4, -0.2) is 26.2 Å². The van der Waals surface area contributed by atoms with E-state index in [1.807, 2.05) is 6.92 Å². The fourth-order valence-electron chi connectivity index (χ4n) is 2.30. The lowest BCUT2D eigenvalue weighted by molar-refractivity contribution is 0.134. The highest BCUT2D eigenvalue weighted by Crippen LogP contribution is 2.19. The predicted molar refractivity (Wildman–Crippen MR) is 103 cm³/mol. The van der Waals surface area contributed by atoms with Crippen LogP contribution in [-0.2, 0) is 17.9 Å². The van der Waals surface area contributed by atoms with Crippen molar-refractivity contribution in [3.8, 4) is 0 Å². The van der Waals surface area contributed by atoms with Gasteiger partial charge in [-0.3, -0.25) is 4.99 Å². The second kappa shape index (κ2) is 10.1. The number of hydrogen-bond acceptors (Lipinski definition) is 3. The Balaban J connectivity index is 1.76. The number of hydrogen-bond donors (Lipinski definition) is 2. The minimum Gasteiger partial charge on any atom is -0.377 e. The van der Waals surface area contributed by atoms with Gasteiger partial charge in [-0.1, -0.05) is 37.3 Å². The Hall–Kier alpha value is -1.85. The summed E-state index contributed by atoms with van der Waals surface area (Å²) in [6.07, 6.45) is 0. The molecule has 130 valence electrons. The second-order valence-corrected chi connectivity index (χ2v) is 6.66. The minimum atomic E-state index is 0.474. The number of ether oxygens (including phenoxy) is 1. The summed E-state index contributed by atoms with van der Waals surface area (Å²) in [5.41, 5.74) is 2.43. The van der Waals surface area contributed by atoms with Gasteiger partial charge in [0, 0.05) is 37.5 Å². The van der Waals surface area contributed by atoms with Gasteiger partial charge in [0.05, 0.1) is 6.61 Å². The van der Waals surface area contributed by atoms with Crippen molar-refractivity contribution in [2.24, 2.45) is 4.99 Å². The highest BCUT2D eigenvalue weighted by atomic mass is 32.1. The number of aliphatic imine (C=N–C) groups is 1. The summed E-state index contributed by atoms with van der Waals surface area (Å²) in [5.74, 6) is 1.30. The Kier molecular flexibility index (Phi) is 7.79. The van der Waals surface area contributed by atoms with Gasteiger partial charge in [-0.25, -0.2) is 0 Å². The van der Waals surface area contributed by atoms with E-state index in [1.165, 1.54) is 16.0 Å². The Morgan fingerprint density at radius 2 is 1.92 bits per heavy atom.